The normalized spacial score (nSPS) is 12.0. The average molecular weight is 337 g/mol. The Balaban J connectivity index is 1.88. The number of benzene rings is 1. The van der Waals surface area contributed by atoms with Crippen molar-refractivity contribution >= 4 is 5.97 Å². The second-order valence-corrected chi connectivity index (χ2v) is 5.59. The van der Waals surface area contributed by atoms with E-state index in [0.717, 1.165) is 16.8 Å². The van der Waals surface area contributed by atoms with Crippen LogP contribution in [0, 0.1) is 6.92 Å². The number of aliphatic hydroxyl groups is 1. The Labute approximate surface area is 145 Å². The maximum absolute atomic E-state index is 11.9. The zero-order valence-corrected chi connectivity index (χ0v) is 14.1. The fourth-order valence-electron chi connectivity index (χ4n) is 2.56. The molecule has 128 valence electrons. The molecule has 25 heavy (non-hydrogen) atoms. The van der Waals surface area contributed by atoms with E-state index in [1.54, 1.807) is 30.1 Å². The van der Waals surface area contributed by atoms with E-state index < -0.39 is 12.1 Å². The molecule has 0 aliphatic rings. The first-order chi connectivity index (χ1) is 12.1. The van der Waals surface area contributed by atoms with Crippen molar-refractivity contribution < 1.29 is 14.6 Å². The Hall–Kier alpha value is -2.99. The van der Waals surface area contributed by atoms with Crippen LogP contribution >= 0.6 is 0 Å². The van der Waals surface area contributed by atoms with Gasteiger partial charge >= 0.3 is 5.97 Å². The third kappa shape index (κ3) is 3.59. The SMILES string of the molecule is CCOC(=O)c1cc(C(O)c2ccc(-n3cccn3)cc2)c(C)cn1. The summed E-state index contributed by atoms with van der Waals surface area (Å²) in [5.74, 6) is -0.495. The van der Waals surface area contributed by atoms with Crippen molar-refractivity contribution in [1.82, 2.24) is 14.8 Å². The quantitative estimate of drug-likeness (QED) is 0.725. The van der Waals surface area contributed by atoms with Crippen LogP contribution in [0.2, 0.25) is 0 Å². The molecule has 0 aliphatic carbocycles. The molecule has 0 aliphatic heterocycles. The smallest absolute Gasteiger partial charge is 0.356 e. The summed E-state index contributed by atoms with van der Waals surface area (Å²) in [6.07, 6.45) is 4.27. The topological polar surface area (TPSA) is 77.2 Å². The molecule has 1 atom stereocenters. The largest absolute Gasteiger partial charge is 0.461 e. The molecule has 6 heteroatoms. The van der Waals surface area contributed by atoms with Crippen LogP contribution in [0.5, 0.6) is 0 Å². The Bertz CT molecular complexity index is 858. The Morgan fingerprint density at radius 3 is 2.72 bits per heavy atom. The van der Waals surface area contributed by atoms with E-state index in [1.165, 1.54) is 0 Å². The number of esters is 1. The molecule has 3 rings (SSSR count). The summed E-state index contributed by atoms with van der Waals surface area (Å²) in [5, 5.41) is 14.9. The van der Waals surface area contributed by atoms with Crippen molar-refractivity contribution in [2.24, 2.45) is 0 Å². The van der Waals surface area contributed by atoms with Crippen LogP contribution in [0.4, 0.5) is 0 Å². The molecule has 1 N–H and O–H groups in total. The molecule has 3 aromatic rings. The molecule has 0 amide bonds. The molecular formula is C19H19N3O3. The summed E-state index contributed by atoms with van der Waals surface area (Å²) in [4.78, 5) is 16.0. The molecule has 0 radical (unpaired) electrons. The van der Waals surface area contributed by atoms with Gasteiger partial charge in [0.15, 0.2) is 0 Å². The Kier molecular flexibility index (Phi) is 4.90. The highest BCUT2D eigenvalue weighted by Crippen LogP contribution is 2.26. The summed E-state index contributed by atoms with van der Waals surface area (Å²) in [7, 11) is 0. The lowest BCUT2D eigenvalue weighted by Crippen LogP contribution is -2.10. The number of aryl methyl sites for hydroxylation is 1. The van der Waals surface area contributed by atoms with Gasteiger partial charge in [0.05, 0.1) is 12.3 Å². The van der Waals surface area contributed by atoms with E-state index in [9.17, 15) is 9.90 Å². The van der Waals surface area contributed by atoms with Gasteiger partial charge in [0.1, 0.15) is 11.8 Å². The van der Waals surface area contributed by atoms with Gasteiger partial charge in [-0.1, -0.05) is 12.1 Å². The van der Waals surface area contributed by atoms with Crippen LogP contribution in [0.15, 0.2) is 55.0 Å². The van der Waals surface area contributed by atoms with Gasteiger partial charge in [-0.3, -0.25) is 0 Å². The summed E-state index contributed by atoms with van der Waals surface area (Å²) < 4.78 is 6.72. The van der Waals surface area contributed by atoms with Gasteiger partial charge in [0.25, 0.3) is 0 Å². The fraction of sp³-hybridized carbons (Fsp3) is 0.211. The summed E-state index contributed by atoms with van der Waals surface area (Å²) in [5.41, 5.74) is 3.25. The number of hydrogen-bond donors (Lipinski definition) is 1. The number of aromatic nitrogens is 3. The van der Waals surface area contributed by atoms with Gasteiger partial charge in [-0.2, -0.15) is 5.10 Å². The van der Waals surface area contributed by atoms with E-state index in [0.29, 0.717) is 5.56 Å². The highest BCUT2D eigenvalue weighted by molar-refractivity contribution is 5.87. The number of carbonyl (C=O) groups is 1. The first kappa shape index (κ1) is 16.9. The summed E-state index contributed by atoms with van der Waals surface area (Å²) >= 11 is 0. The van der Waals surface area contributed by atoms with Gasteiger partial charge in [-0.25, -0.2) is 14.5 Å². The first-order valence-electron chi connectivity index (χ1n) is 8.02. The molecule has 0 bridgehead atoms. The lowest BCUT2D eigenvalue weighted by molar-refractivity contribution is 0.0519. The fourth-order valence-corrected chi connectivity index (χ4v) is 2.56. The number of aliphatic hydroxyl groups excluding tert-OH is 1. The molecule has 6 nitrogen and oxygen atoms in total. The lowest BCUT2D eigenvalue weighted by Gasteiger charge is -2.15. The minimum absolute atomic E-state index is 0.190. The highest BCUT2D eigenvalue weighted by atomic mass is 16.5. The number of ether oxygens (including phenoxy) is 1. The highest BCUT2D eigenvalue weighted by Gasteiger charge is 2.17. The molecule has 1 unspecified atom stereocenters. The summed E-state index contributed by atoms with van der Waals surface area (Å²) in [6.45, 7) is 3.86. The van der Waals surface area contributed by atoms with Gasteiger partial charge < -0.3 is 9.84 Å². The van der Waals surface area contributed by atoms with Crippen LogP contribution < -0.4 is 0 Å². The zero-order valence-electron chi connectivity index (χ0n) is 14.1. The first-order valence-corrected chi connectivity index (χ1v) is 8.02. The average Bonchev–Trinajstić information content (AvgIpc) is 3.16. The maximum Gasteiger partial charge on any atom is 0.356 e. The van der Waals surface area contributed by atoms with Crippen LogP contribution in [0.3, 0.4) is 0 Å². The van der Waals surface area contributed by atoms with Crippen LogP contribution in [-0.4, -0.2) is 32.4 Å². The number of hydrogen-bond acceptors (Lipinski definition) is 5. The predicted molar refractivity (Wildman–Crippen MR) is 92.6 cm³/mol. The zero-order chi connectivity index (χ0) is 17.8. The third-order valence-corrected chi connectivity index (χ3v) is 3.90. The van der Waals surface area contributed by atoms with E-state index in [1.807, 2.05) is 43.5 Å². The minimum Gasteiger partial charge on any atom is -0.461 e. The molecule has 0 spiro atoms. The molecule has 2 aromatic heterocycles. The van der Waals surface area contributed by atoms with Crippen molar-refractivity contribution in [3.05, 3.63) is 77.4 Å². The van der Waals surface area contributed by atoms with Crippen molar-refractivity contribution in [2.45, 2.75) is 20.0 Å². The van der Waals surface area contributed by atoms with Gasteiger partial charge in [0.2, 0.25) is 0 Å². The van der Waals surface area contributed by atoms with E-state index in [-0.39, 0.29) is 12.3 Å². The number of pyridine rings is 1. The second kappa shape index (κ2) is 7.27. The number of nitrogens with zero attached hydrogens (tertiary/aromatic N) is 3. The molecule has 0 saturated carbocycles. The molecule has 2 heterocycles. The van der Waals surface area contributed by atoms with Crippen LogP contribution in [0.25, 0.3) is 5.69 Å². The van der Waals surface area contributed by atoms with Gasteiger partial charge in [-0.05, 0) is 54.8 Å². The molecular weight excluding hydrogens is 318 g/mol. The second-order valence-electron chi connectivity index (χ2n) is 5.59. The Morgan fingerprint density at radius 1 is 1.32 bits per heavy atom. The van der Waals surface area contributed by atoms with E-state index in [2.05, 4.69) is 10.1 Å². The standard InChI is InChI=1S/C19H19N3O3/c1-3-25-19(24)17-11-16(13(2)12-20-17)18(23)14-5-7-15(8-6-14)22-10-4-9-21-22/h4-12,18,23H,3H2,1-2H3. The van der Waals surface area contributed by atoms with Crippen LogP contribution in [0.1, 0.15) is 40.2 Å². The monoisotopic (exact) mass is 337 g/mol. The van der Waals surface area contributed by atoms with E-state index >= 15 is 0 Å². The third-order valence-electron chi connectivity index (χ3n) is 3.90. The number of carbonyl (C=O) groups excluding carboxylic acids is 1. The van der Waals surface area contributed by atoms with E-state index in [4.69, 9.17) is 4.74 Å². The molecule has 0 saturated heterocycles. The van der Waals surface area contributed by atoms with Gasteiger partial charge in [0, 0.05) is 18.6 Å². The van der Waals surface area contributed by atoms with Crippen molar-refractivity contribution in [2.75, 3.05) is 6.61 Å². The Morgan fingerprint density at radius 2 is 2.08 bits per heavy atom. The summed E-state index contributed by atoms with van der Waals surface area (Å²) in [6, 6.07) is 10.9. The van der Waals surface area contributed by atoms with Crippen molar-refractivity contribution in [3.8, 4) is 5.69 Å². The van der Waals surface area contributed by atoms with Gasteiger partial charge in [-0.15, -0.1) is 0 Å². The predicted octanol–water partition coefficient (Wildman–Crippen LogP) is 2.83. The van der Waals surface area contributed by atoms with Crippen molar-refractivity contribution in [3.63, 3.8) is 0 Å². The number of rotatable bonds is 5. The maximum atomic E-state index is 11.9. The van der Waals surface area contributed by atoms with Crippen LogP contribution in [-0.2, 0) is 4.74 Å². The minimum atomic E-state index is -0.858. The molecule has 0 fully saturated rings. The van der Waals surface area contributed by atoms with Crippen molar-refractivity contribution in [1.29, 1.82) is 0 Å². The molecule has 1 aromatic carbocycles. The lowest BCUT2D eigenvalue weighted by atomic mass is 9.98.